The molecule has 5 heteroatoms. The smallest absolute Gasteiger partial charge is 0.328 e. The van der Waals surface area contributed by atoms with Crippen LogP contribution in [0.1, 0.15) is 26.3 Å². The summed E-state index contributed by atoms with van der Waals surface area (Å²) in [6.07, 6.45) is 0. The second-order valence-electron chi connectivity index (χ2n) is 4.35. The molecule has 1 atom stereocenters. The summed E-state index contributed by atoms with van der Waals surface area (Å²) in [7, 11) is 0. The van der Waals surface area contributed by atoms with Gasteiger partial charge in [-0.1, -0.05) is 17.7 Å². The van der Waals surface area contributed by atoms with Crippen molar-refractivity contribution < 1.29 is 14.3 Å². The van der Waals surface area contributed by atoms with Crippen molar-refractivity contribution in [2.45, 2.75) is 32.4 Å². The van der Waals surface area contributed by atoms with Gasteiger partial charge in [0.15, 0.2) is 0 Å². The van der Waals surface area contributed by atoms with E-state index in [4.69, 9.17) is 11.6 Å². The average Bonchev–Trinajstić information content (AvgIpc) is 2.15. The predicted octanol–water partition coefficient (Wildman–Crippen LogP) is 2.78. The quantitative estimate of drug-likeness (QED) is 0.874. The molecule has 0 aliphatic rings. The van der Waals surface area contributed by atoms with E-state index in [0.29, 0.717) is 5.56 Å². The number of carboxylic acids is 1. The van der Waals surface area contributed by atoms with Crippen LogP contribution in [0.5, 0.6) is 0 Å². The molecule has 1 aromatic rings. The molecule has 2 N–H and O–H groups in total. The van der Waals surface area contributed by atoms with E-state index >= 15 is 0 Å². The van der Waals surface area contributed by atoms with Crippen LogP contribution in [0.3, 0.4) is 0 Å². The average molecular weight is 260 g/mol. The third-order valence-electron chi connectivity index (χ3n) is 2.47. The monoisotopic (exact) mass is 259 g/mol. The minimum absolute atomic E-state index is 0.0442. The zero-order chi connectivity index (χ0) is 13.2. The Morgan fingerprint density at radius 1 is 1.53 bits per heavy atom. The number of hydrogen-bond donors (Lipinski definition) is 2. The van der Waals surface area contributed by atoms with Crippen molar-refractivity contribution in [1.82, 2.24) is 5.32 Å². The normalized spacial score (nSPS) is 14.7. The Morgan fingerprint density at radius 2 is 2.12 bits per heavy atom. The van der Waals surface area contributed by atoms with Crippen LogP contribution in [0.4, 0.5) is 4.39 Å². The summed E-state index contributed by atoms with van der Waals surface area (Å²) in [6.45, 7) is 5.17. The van der Waals surface area contributed by atoms with Gasteiger partial charge in [-0.05, 0) is 32.9 Å². The van der Waals surface area contributed by atoms with Crippen molar-refractivity contribution in [3.05, 3.63) is 34.6 Å². The molecule has 0 saturated heterocycles. The third-order valence-corrected chi connectivity index (χ3v) is 2.79. The molecule has 0 bridgehead atoms. The number of nitrogens with one attached hydrogen (secondary N) is 1. The molecule has 0 aromatic heterocycles. The fourth-order valence-electron chi connectivity index (χ4n) is 1.73. The Kier molecular flexibility index (Phi) is 4.11. The van der Waals surface area contributed by atoms with Crippen LogP contribution >= 0.6 is 11.6 Å². The van der Waals surface area contributed by atoms with Crippen molar-refractivity contribution in [3.8, 4) is 0 Å². The van der Waals surface area contributed by atoms with Crippen LogP contribution < -0.4 is 5.32 Å². The Balaban J connectivity index is 3.27. The molecule has 0 radical (unpaired) electrons. The SMILES string of the molecule is CC(C)NC(C)(C(=O)O)c1ccc(F)cc1Cl. The number of benzene rings is 1. The minimum Gasteiger partial charge on any atom is -0.480 e. The predicted molar refractivity (Wildman–Crippen MR) is 64.7 cm³/mol. The first-order valence-electron chi connectivity index (χ1n) is 5.24. The van der Waals surface area contributed by atoms with E-state index < -0.39 is 17.3 Å². The molecule has 1 rings (SSSR count). The lowest BCUT2D eigenvalue weighted by molar-refractivity contribution is -0.144. The summed E-state index contributed by atoms with van der Waals surface area (Å²) in [5, 5.41) is 12.3. The third kappa shape index (κ3) is 2.96. The first-order valence-corrected chi connectivity index (χ1v) is 5.62. The first kappa shape index (κ1) is 13.9. The highest BCUT2D eigenvalue weighted by Crippen LogP contribution is 2.29. The highest BCUT2D eigenvalue weighted by atomic mass is 35.5. The molecule has 0 heterocycles. The fourth-order valence-corrected chi connectivity index (χ4v) is 2.08. The van der Waals surface area contributed by atoms with Crippen molar-refractivity contribution in [2.75, 3.05) is 0 Å². The molecule has 0 fully saturated rings. The molecule has 0 saturated carbocycles. The Labute approximate surface area is 105 Å². The van der Waals surface area contributed by atoms with Crippen LogP contribution in [-0.2, 0) is 10.3 Å². The maximum absolute atomic E-state index is 12.9. The van der Waals surface area contributed by atoms with Crippen LogP contribution in [0, 0.1) is 5.82 Å². The van der Waals surface area contributed by atoms with Gasteiger partial charge in [0, 0.05) is 16.6 Å². The number of aliphatic carboxylic acids is 1. The van der Waals surface area contributed by atoms with Gasteiger partial charge in [0.2, 0.25) is 0 Å². The maximum Gasteiger partial charge on any atom is 0.328 e. The largest absolute Gasteiger partial charge is 0.480 e. The van der Waals surface area contributed by atoms with E-state index in [-0.39, 0.29) is 11.1 Å². The second-order valence-corrected chi connectivity index (χ2v) is 4.76. The lowest BCUT2D eigenvalue weighted by atomic mass is 9.91. The summed E-state index contributed by atoms with van der Waals surface area (Å²) >= 11 is 5.90. The van der Waals surface area contributed by atoms with Gasteiger partial charge in [-0.15, -0.1) is 0 Å². The number of rotatable bonds is 4. The van der Waals surface area contributed by atoms with Gasteiger partial charge in [0.05, 0.1) is 0 Å². The van der Waals surface area contributed by atoms with Crippen molar-refractivity contribution in [3.63, 3.8) is 0 Å². The highest BCUT2D eigenvalue weighted by molar-refractivity contribution is 6.31. The molecule has 94 valence electrons. The lowest BCUT2D eigenvalue weighted by Gasteiger charge is -2.30. The van der Waals surface area contributed by atoms with E-state index in [2.05, 4.69) is 5.32 Å². The van der Waals surface area contributed by atoms with Gasteiger partial charge in [-0.2, -0.15) is 0 Å². The molecule has 0 aliphatic carbocycles. The number of halogens is 2. The van der Waals surface area contributed by atoms with Crippen molar-refractivity contribution in [2.24, 2.45) is 0 Å². The zero-order valence-electron chi connectivity index (χ0n) is 9.92. The summed E-state index contributed by atoms with van der Waals surface area (Å²) in [5.74, 6) is -1.55. The van der Waals surface area contributed by atoms with Gasteiger partial charge in [-0.25, -0.2) is 9.18 Å². The van der Waals surface area contributed by atoms with Crippen LogP contribution in [0.15, 0.2) is 18.2 Å². The number of hydrogen-bond acceptors (Lipinski definition) is 2. The summed E-state index contributed by atoms with van der Waals surface area (Å²) in [6, 6.07) is 3.66. The molecule has 0 aliphatic heterocycles. The van der Waals surface area contributed by atoms with Gasteiger partial charge >= 0.3 is 5.97 Å². The standard InChI is InChI=1S/C12H15ClFNO2/c1-7(2)15-12(3,11(16)17)9-5-4-8(14)6-10(9)13/h4-7,15H,1-3H3,(H,16,17). The summed E-state index contributed by atoms with van der Waals surface area (Å²) in [4.78, 5) is 11.4. The second kappa shape index (κ2) is 5.02. The molecule has 17 heavy (non-hydrogen) atoms. The fraction of sp³-hybridized carbons (Fsp3) is 0.417. The molecular weight excluding hydrogens is 245 g/mol. The Morgan fingerprint density at radius 3 is 2.53 bits per heavy atom. The van der Waals surface area contributed by atoms with E-state index in [1.165, 1.54) is 19.1 Å². The summed E-state index contributed by atoms with van der Waals surface area (Å²) in [5.41, 5.74) is -0.986. The zero-order valence-corrected chi connectivity index (χ0v) is 10.7. The van der Waals surface area contributed by atoms with Crippen LogP contribution in [0.25, 0.3) is 0 Å². The van der Waals surface area contributed by atoms with Gasteiger partial charge < -0.3 is 5.11 Å². The molecule has 3 nitrogen and oxygen atoms in total. The first-order chi connectivity index (χ1) is 7.77. The van der Waals surface area contributed by atoms with Crippen molar-refractivity contribution in [1.29, 1.82) is 0 Å². The molecule has 1 unspecified atom stereocenters. The highest BCUT2D eigenvalue weighted by Gasteiger charge is 2.37. The molecule has 0 amide bonds. The molecular formula is C12H15ClFNO2. The molecule has 1 aromatic carbocycles. The maximum atomic E-state index is 12.9. The lowest BCUT2D eigenvalue weighted by Crippen LogP contribution is -2.49. The van der Waals surface area contributed by atoms with Gasteiger partial charge in [0.1, 0.15) is 11.4 Å². The molecule has 0 spiro atoms. The van der Waals surface area contributed by atoms with E-state index in [1.54, 1.807) is 0 Å². The van der Waals surface area contributed by atoms with Crippen molar-refractivity contribution >= 4 is 17.6 Å². The number of carbonyl (C=O) groups is 1. The number of carboxylic acid groups (broad SMARTS) is 1. The van der Waals surface area contributed by atoms with Crippen LogP contribution in [0.2, 0.25) is 5.02 Å². The van der Waals surface area contributed by atoms with Gasteiger partial charge in [-0.3, -0.25) is 5.32 Å². The topological polar surface area (TPSA) is 49.3 Å². The van der Waals surface area contributed by atoms with E-state index in [1.807, 2.05) is 13.8 Å². The minimum atomic E-state index is -1.33. The Bertz CT molecular complexity index is 437. The van der Waals surface area contributed by atoms with Crippen LogP contribution in [-0.4, -0.2) is 17.1 Å². The van der Waals surface area contributed by atoms with Gasteiger partial charge in [0.25, 0.3) is 0 Å². The summed E-state index contributed by atoms with van der Waals surface area (Å²) < 4.78 is 12.9. The Hall–Kier alpha value is -1.13. The van der Waals surface area contributed by atoms with E-state index in [9.17, 15) is 14.3 Å². The van der Waals surface area contributed by atoms with E-state index in [0.717, 1.165) is 6.07 Å².